The van der Waals surface area contributed by atoms with Crippen molar-refractivity contribution in [2.75, 3.05) is 19.6 Å². The molecule has 2 nitrogen and oxygen atoms in total. The van der Waals surface area contributed by atoms with E-state index in [0.717, 1.165) is 36.8 Å². The minimum Gasteiger partial charge on any atom is -0.312 e. The van der Waals surface area contributed by atoms with Gasteiger partial charge in [0.2, 0.25) is 0 Å². The Labute approximate surface area is 135 Å². The Hall–Kier alpha value is -1.06. The second kappa shape index (κ2) is 6.37. The SMILES string of the molecule is Clc1ccc(C2(Cl)CNCCN2Cc2ccccc2)cc1. The second-order valence-electron chi connectivity index (χ2n) is 5.35. The molecule has 1 unspecified atom stereocenters. The molecule has 0 amide bonds. The van der Waals surface area contributed by atoms with Gasteiger partial charge in [-0.3, -0.25) is 4.90 Å². The van der Waals surface area contributed by atoms with Gasteiger partial charge in [0.1, 0.15) is 5.00 Å². The maximum Gasteiger partial charge on any atom is 0.134 e. The van der Waals surface area contributed by atoms with Gasteiger partial charge in [0, 0.05) is 31.2 Å². The molecule has 0 aromatic heterocycles. The van der Waals surface area contributed by atoms with E-state index in [1.807, 2.05) is 30.3 Å². The molecule has 4 heteroatoms. The molecule has 1 N–H and O–H groups in total. The third kappa shape index (κ3) is 3.24. The Balaban J connectivity index is 1.88. The highest BCUT2D eigenvalue weighted by Gasteiger charge is 2.38. The lowest BCUT2D eigenvalue weighted by molar-refractivity contribution is 0.118. The van der Waals surface area contributed by atoms with E-state index < -0.39 is 5.00 Å². The van der Waals surface area contributed by atoms with E-state index in [1.165, 1.54) is 5.56 Å². The molecule has 110 valence electrons. The maximum absolute atomic E-state index is 6.99. The number of alkyl halides is 1. The molecule has 1 aliphatic rings. The van der Waals surface area contributed by atoms with Gasteiger partial charge in [0.25, 0.3) is 0 Å². The predicted octanol–water partition coefficient (Wildman–Crippen LogP) is 3.84. The molecule has 1 saturated heterocycles. The Morgan fingerprint density at radius 3 is 2.48 bits per heavy atom. The van der Waals surface area contributed by atoms with Crippen LogP contribution in [0.25, 0.3) is 0 Å². The molecule has 0 radical (unpaired) electrons. The van der Waals surface area contributed by atoms with Crippen molar-refractivity contribution in [3.63, 3.8) is 0 Å². The largest absolute Gasteiger partial charge is 0.312 e. The first kappa shape index (κ1) is 14.9. The molecule has 0 bridgehead atoms. The number of nitrogens with zero attached hydrogens (tertiary/aromatic N) is 1. The summed E-state index contributed by atoms with van der Waals surface area (Å²) in [5.41, 5.74) is 2.36. The van der Waals surface area contributed by atoms with E-state index in [-0.39, 0.29) is 0 Å². The highest BCUT2D eigenvalue weighted by atomic mass is 35.5. The summed E-state index contributed by atoms with van der Waals surface area (Å²) in [6, 6.07) is 18.3. The van der Waals surface area contributed by atoms with Crippen LogP contribution in [0.2, 0.25) is 5.02 Å². The average molecular weight is 321 g/mol. The number of benzene rings is 2. The van der Waals surface area contributed by atoms with E-state index in [0.29, 0.717) is 0 Å². The molecule has 3 rings (SSSR count). The van der Waals surface area contributed by atoms with Gasteiger partial charge in [-0.2, -0.15) is 0 Å². The van der Waals surface area contributed by atoms with Crippen LogP contribution in [0.4, 0.5) is 0 Å². The fourth-order valence-electron chi connectivity index (χ4n) is 2.76. The minimum atomic E-state index is -0.529. The predicted molar refractivity (Wildman–Crippen MR) is 88.7 cm³/mol. The van der Waals surface area contributed by atoms with Crippen molar-refractivity contribution >= 4 is 23.2 Å². The van der Waals surface area contributed by atoms with Gasteiger partial charge >= 0.3 is 0 Å². The molecule has 0 aliphatic carbocycles. The van der Waals surface area contributed by atoms with Crippen LogP contribution in [0.1, 0.15) is 11.1 Å². The molecular formula is C17H18Cl2N2. The Morgan fingerprint density at radius 1 is 1.05 bits per heavy atom. The zero-order valence-corrected chi connectivity index (χ0v) is 13.2. The van der Waals surface area contributed by atoms with Gasteiger partial charge in [-0.15, -0.1) is 0 Å². The summed E-state index contributed by atoms with van der Waals surface area (Å²) in [4.78, 5) is 1.79. The monoisotopic (exact) mass is 320 g/mol. The van der Waals surface area contributed by atoms with E-state index >= 15 is 0 Å². The summed E-state index contributed by atoms with van der Waals surface area (Å²) in [6.07, 6.45) is 0. The topological polar surface area (TPSA) is 15.3 Å². The molecule has 1 fully saturated rings. The molecule has 0 saturated carbocycles. The molecule has 1 heterocycles. The van der Waals surface area contributed by atoms with Gasteiger partial charge in [0.05, 0.1) is 0 Å². The van der Waals surface area contributed by atoms with Crippen LogP contribution in [-0.2, 0) is 11.5 Å². The number of hydrogen-bond acceptors (Lipinski definition) is 2. The summed E-state index contributed by atoms with van der Waals surface area (Å²) in [6.45, 7) is 3.44. The number of hydrogen-bond donors (Lipinski definition) is 1. The van der Waals surface area contributed by atoms with Gasteiger partial charge in [0.15, 0.2) is 0 Å². The summed E-state index contributed by atoms with van der Waals surface area (Å²) in [7, 11) is 0. The zero-order chi connectivity index (χ0) is 14.7. The molecular weight excluding hydrogens is 303 g/mol. The molecule has 2 aromatic rings. The van der Waals surface area contributed by atoms with E-state index in [2.05, 4.69) is 34.5 Å². The lowest BCUT2D eigenvalue weighted by Gasteiger charge is -2.43. The lowest BCUT2D eigenvalue weighted by Crippen LogP contribution is -2.55. The first-order valence-corrected chi connectivity index (χ1v) is 7.89. The highest BCUT2D eigenvalue weighted by Crippen LogP contribution is 2.36. The first-order valence-electron chi connectivity index (χ1n) is 7.13. The number of halogens is 2. The fraction of sp³-hybridized carbons (Fsp3) is 0.294. The van der Waals surface area contributed by atoms with Crippen LogP contribution in [0.15, 0.2) is 54.6 Å². The Bertz CT molecular complexity index is 585. The Morgan fingerprint density at radius 2 is 1.76 bits per heavy atom. The highest BCUT2D eigenvalue weighted by molar-refractivity contribution is 6.30. The summed E-state index contributed by atoms with van der Waals surface area (Å²) in [5, 5.41) is 4.13. The lowest BCUT2D eigenvalue weighted by atomic mass is 10.0. The minimum absolute atomic E-state index is 0.529. The number of rotatable bonds is 3. The van der Waals surface area contributed by atoms with Crippen molar-refractivity contribution in [2.45, 2.75) is 11.5 Å². The quantitative estimate of drug-likeness (QED) is 0.683. The summed E-state index contributed by atoms with van der Waals surface area (Å²) < 4.78 is 0. The van der Waals surface area contributed by atoms with E-state index in [9.17, 15) is 0 Å². The van der Waals surface area contributed by atoms with Crippen molar-refractivity contribution in [1.82, 2.24) is 10.2 Å². The standard InChI is InChI=1S/C17H18Cl2N2/c18-16-8-6-15(7-9-16)17(19)13-20-10-11-21(17)12-14-4-2-1-3-5-14/h1-9,20H,10-13H2. The van der Waals surface area contributed by atoms with Crippen LogP contribution < -0.4 is 5.32 Å². The molecule has 1 atom stereocenters. The van der Waals surface area contributed by atoms with Gasteiger partial charge in [-0.05, 0) is 23.3 Å². The smallest absolute Gasteiger partial charge is 0.134 e. The maximum atomic E-state index is 6.99. The van der Waals surface area contributed by atoms with Crippen LogP contribution >= 0.6 is 23.2 Å². The molecule has 1 aliphatic heterocycles. The zero-order valence-electron chi connectivity index (χ0n) is 11.7. The van der Waals surface area contributed by atoms with Gasteiger partial charge in [-0.1, -0.05) is 65.7 Å². The first-order chi connectivity index (χ1) is 10.2. The molecule has 21 heavy (non-hydrogen) atoms. The van der Waals surface area contributed by atoms with Crippen molar-refractivity contribution in [1.29, 1.82) is 0 Å². The van der Waals surface area contributed by atoms with Gasteiger partial charge < -0.3 is 5.32 Å². The number of piperazine rings is 1. The third-order valence-electron chi connectivity index (χ3n) is 3.92. The Kier molecular flexibility index (Phi) is 4.51. The van der Waals surface area contributed by atoms with E-state index in [1.54, 1.807) is 0 Å². The van der Waals surface area contributed by atoms with Crippen LogP contribution in [0, 0.1) is 0 Å². The summed E-state index contributed by atoms with van der Waals surface area (Å²) in [5.74, 6) is 0. The van der Waals surface area contributed by atoms with Crippen molar-refractivity contribution in [3.05, 3.63) is 70.7 Å². The molecule has 0 spiro atoms. The van der Waals surface area contributed by atoms with Crippen molar-refractivity contribution in [2.24, 2.45) is 0 Å². The van der Waals surface area contributed by atoms with Crippen molar-refractivity contribution in [3.8, 4) is 0 Å². The van der Waals surface area contributed by atoms with Gasteiger partial charge in [-0.25, -0.2) is 0 Å². The number of nitrogens with one attached hydrogen (secondary N) is 1. The third-order valence-corrected chi connectivity index (χ3v) is 4.76. The van der Waals surface area contributed by atoms with Crippen molar-refractivity contribution < 1.29 is 0 Å². The average Bonchev–Trinajstić information content (AvgIpc) is 2.51. The van der Waals surface area contributed by atoms with Crippen LogP contribution in [0.5, 0.6) is 0 Å². The fourth-order valence-corrected chi connectivity index (χ4v) is 3.25. The van der Waals surface area contributed by atoms with Crippen LogP contribution in [-0.4, -0.2) is 24.5 Å². The summed E-state index contributed by atoms with van der Waals surface area (Å²) >= 11 is 13.0. The second-order valence-corrected chi connectivity index (χ2v) is 6.41. The van der Waals surface area contributed by atoms with E-state index in [4.69, 9.17) is 23.2 Å². The molecule has 2 aromatic carbocycles. The normalized spacial score (nSPS) is 23.1. The van der Waals surface area contributed by atoms with Crippen LogP contribution in [0.3, 0.4) is 0 Å².